The molecule has 6 heteroatoms. The third-order valence-electron chi connectivity index (χ3n) is 4.92. The smallest absolute Gasteiger partial charge is 0.228 e. The molecule has 0 aromatic heterocycles. The highest BCUT2D eigenvalue weighted by Gasteiger charge is 2.38. The lowest BCUT2D eigenvalue weighted by molar-refractivity contribution is -0.137. The average Bonchev–Trinajstić information content (AvgIpc) is 3.02. The van der Waals surface area contributed by atoms with Gasteiger partial charge in [-0.25, -0.2) is 0 Å². The number of para-hydroxylation sites is 1. The molecule has 0 N–H and O–H groups in total. The molecular weight excluding hydrogens is 304 g/mol. The summed E-state index contributed by atoms with van der Waals surface area (Å²) in [6.45, 7) is 6.73. The molecule has 2 aliphatic rings. The van der Waals surface area contributed by atoms with Crippen molar-refractivity contribution in [3.63, 3.8) is 0 Å². The van der Waals surface area contributed by atoms with E-state index < -0.39 is 0 Å². The molecule has 1 unspecified atom stereocenters. The predicted octanol–water partition coefficient (Wildman–Crippen LogP) is 1.08. The fourth-order valence-electron chi connectivity index (χ4n) is 3.45. The van der Waals surface area contributed by atoms with Crippen molar-refractivity contribution in [3.05, 3.63) is 29.8 Å². The Labute approximate surface area is 142 Å². The number of carbonyl (C=O) groups excluding carboxylic acids is 2. The van der Waals surface area contributed by atoms with Crippen LogP contribution in [-0.4, -0.2) is 60.9 Å². The number of nitriles is 1. The van der Waals surface area contributed by atoms with Gasteiger partial charge in [0.2, 0.25) is 11.8 Å². The van der Waals surface area contributed by atoms with Crippen molar-refractivity contribution in [1.82, 2.24) is 9.80 Å². The van der Waals surface area contributed by atoms with Crippen molar-refractivity contribution in [2.24, 2.45) is 5.92 Å². The van der Waals surface area contributed by atoms with Crippen LogP contribution in [0, 0.1) is 17.2 Å². The van der Waals surface area contributed by atoms with Crippen LogP contribution < -0.4 is 4.90 Å². The van der Waals surface area contributed by atoms with E-state index in [9.17, 15) is 14.9 Å². The van der Waals surface area contributed by atoms with E-state index in [1.807, 2.05) is 11.0 Å². The summed E-state index contributed by atoms with van der Waals surface area (Å²) >= 11 is 0. The standard InChI is InChI=1S/C18H22N4O2/c1-2-20-7-9-21(10-8-20)18(24)15-11-17(23)22(13-15)16-6-4-3-5-14(16)12-19/h3-6,15H,2,7-11,13H2,1H3. The molecule has 6 nitrogen and oxygen atoms in total. The van der Waals surface area contributed by atoms with E-state index in [1.165, 1.54) is 0 Å². The number of rotatable bonds is 3. The Kier molecular flexibility index (Phi) is 4.81. The molecule has 0 bridgehead atoms. The van der Waals surface area contributed by atoms with Crippen molar-refractivity contribution in [2.75, 3.05) is 44.2 Å². The van der Waals surface area contributed by atoms with Gasteiger partial charge < -0.3 is 14.7 Å². The number of piperazine rings is 1. The summed E-state index contributed by atoms with van der Waals surface area (Å²) < 4.78 is 0. The fraction of sp³-hybridized carbons (Fsp3) is 0.500. The minimum atomic E-state index is -0.308. The summed E-state index contributed by atoms with van der Waals surface area (Å²) in [6.07, 6.45) is 0.229. The maximum absolute atomic E-state index is 12.7. The van der Waals surface area contributed by atoms with Crippen molar-refractivity contribution >= 4 is 17.5 Å². The zero-order valence-corrected chi connectivity index (χ0v) is 13.9. The Morgan fingerprint density at radius 2 is 1.96 bits per heavy atom. The number of carbonyl (C=O) groups is 2. The largest absolute Gasteiger partial charge is 0.340 e. The van der Waals surface area contributed by atoms with Gasteiger partial charge in [-0.2, -0.15) is 5.26 Å². The summed E-state index contributed by atoms with van der Waals surface area (Å²) in [5, 5.41) is 9.22. The van der Waals surface area contributed by atoms with Crippen LogP contribution in [0.4, 0.5) is 5.69 Å². The highest BCUT2D eigenvalue weighted by Crippen LogP contribution is 2.29. The Bertz CT molecular complexity index is 674. The predicted molar refractivity (Wildman–Crippen MR) is 90.3 cm³/mol. The zero-order valence-electron chi connectivity index (χ0n) is 13.9. The van der Waals surface area contributed by atoms with Gasteiger partial charge in [0, 0.05) is 39.1 Å². The van der Waals surface area contributed by atoms with Crippen molar-refractivity contribution in [3.8, 4) is 6.07 Å². The number of benzene rings is 1. The number of anilines is 1. The van der Waals surface area contributed by atoms with Gasteiger partial charge in [-0.05, 0) is 18.7 Å². The second kappa shape index (κ2) is 7.02. The summed E-state index contributed by atoms with van der Waals surface area (Å²) in [5.74, 6) is -0.322. The molecule has 1 atom stereocenters. The first-order chi connectivity index (χ1) is 11.6. The number of nitrogens with zero attached hydrogens (tertiary/aromatic N) is 4. The molecule has 0 radical (unpaired) electrons. The second-order valence-electron chi connectivity index (χ2n) is 6.29. The van der Waals surface area contributed by atoms with Gasteiger partial charge in [0.15, 0.2) is 0 Å². The van der Waals surface area contributed by atoms with Crippen molar-refractivity contribution in [2.45, 2.75) is 13.3 Å². The Hall–Kier alpha value is -2.39. The van der Waals surface area contributed by atoms with E-state index in [0.29, 0.717) is 17.8 Å². The van der Waals surface area contributed by atoms with Crippen LogP contribution in [0.15, 0.2) is 24.3 Å². The van der Waals surface area contributed by atoms with Crippen LogP contribution >= 0.6 is 0 Å². The highest BCUT2D eigenvalue weighted by atomic mass is 16.2. The minimum Gasteiger partial charge on any atom is -0.340 e. The molecule has 0 spiro atoms. The first-order valence-electron chi connectivity index (χ1n) is 8.44. The molecule has 2 aliphatic heterocycles. The van der Waals surface area contributed by atoms with E-state index in [-0.39, 0.29) is 24.2 Å². The van der Waals surface area contributed by atoms with Crippen LogP contribution in [0.25, 0.3) is 0 Å². The highest BCUT2D eigenvalue weighted by molar-refractivity contribution is 6.01. The van der Waals surface area contributed by atoms with Crippen molar-refractivity contribution < 1.29 is 9.59 Å². The third kappa shape index (κ3) is 3.13. The zero-order chi connectivity index (χ0) is 17.1. The molecule has 2 amide bonds. The molecule has 1 aromatic carbocycles. The van der Waals surface area contributed by atoms with E-state index in [2.05, 4.69) is 17.9 Å². The Morgan fingerprint density at radius 1 is 1.25 bits per heavy atom. The summed E-state index contributed by atoms with van der Waals surface area (Å²) in [4.78, 5) is 30.9. The Balaban J connectivity index is 1.69. The Morgan fingerprint density at radius 3 is 2.62 bits per heavy atom. The summed E-state index contributed by atoms with van der Waals surface area (Å²) in [7, 11) is 0. The number of amides is 2. The molecule has 3 rings (SSSR count). The van der Waals surface area contributed by atoms with E-state index >= 15 is 0 Å². The monoisotopic (exact) mass is 326 g/mol. The first kappa shape index (κ1) is 16.5. The molecule has 0 saturated carbocycles. The van der Waals surface area contributed by atoms with Crippen molar-refractivity contribution in [1.29, 1.82) is 5.26 Å². The normalized spacial score (nSPS) is 21.8. The van der Waals surface area contributed by atoms with E-state index in [4.69, 9.17) is 0 Å². The molecule has 2 saturated heterocycles. The van der Waals surface area contributed by atoms with Crippen LogP contribution in [-0.2, 0) is 9.59 Å². The molecule has 0 aliphatic carbocycles. The molecule has 2 heterocycles. The van der Waals surface area contributed by atoms with Gasteiger partial charge in [0.1, 0.15) is 6.07 Å². The number of hydrogen-bond donors (Lipinski definition) is 0. The van der Waals surface area contributed by atoms with E-state index in [0.717, 1.165) is 32.7 Å². The minimum absolute atomic E-state index is 0.0658. The van der Waals surface area contributed by atoms with Crippen LogP contribution in [0.5, 0.6) is 0 Å². The van der Waals surface area contributed by atoms with Crippen LogP contribution in [0.1, 0.15) is 18.9 Å². The van der Waals surface area contributed by atoms with Gasteiger partial charge in [-0.15, -0.1) is 0 Å². The maximum atomic E-state index is 12.7. The SMILES string of the molecule is CCN1CCN(C(=O)C2CC(=O)N(c3ccccc3C#N)C2)CC1. The van der Waals surface area contributed by atoms with Gasteiger partial charge >= 0.3 is 0 Å². The van der Waals surface area contributed by atoms with E-state index in [1.54, 1.807) is 23.1 Å². The van der Waals surface area contributed by atoms with Gasteiger partial charge in [-0.1, -0.05) is 19.1 Å². The number of likely N-dealkylation sites (N-methyl/N-ethyl adjacent to an activating group) is 1. The lowest BCUT2D eigenvalue weighted by Crippen LogP contribution is -2.50. The lowest BCUT2D eigenvalue weighted by Gasteiger charge is -2.35. The second-order valence-corrected chi connectivity index (χ2v) is 6.29. The van der Waals surface area contributed by atoms with Crippen LogP contribution in [0.3, 0.4) is 0 Å². The fourth-order valence-corrected chi connectivity index (χ4v) is 3.45. The van der Waals surface area contributed by atoms with Gasteiger partial charge in [0.25, 0.3) is 0 Å². The quantitative estimate of drug-likeness (QED) is 0.833. The van der Waals surface area contributed by atoms with Gasteiger partial charge in [-0.3, -0.25) is 9.59 Å². The molecule has 2 fully saturated rings. The molecule has 1 aromatic rings. The first-order valence-corrected chi connectivity index (χ1v) is 8.44. The summed E-state index contributed by atoms with van der Waals surface area (Å²) in [5.41, 5.74) is 1.08. The van der Waals surface area contributed by atoms with Gasteiger partial charge in [0.05, 0.1) is 17.2 Å². The average molecular weight is 326 g/mol. The number of hydrogen-bond acceptors (Lipinski definition) is 4. The molecular formula is C18H22N4O2. The topological polar surface area (TPSA) is 67.7 Å². The molecule has 24 heavy (non-hydrogen) atoms. The maximum Gasteiger partial charge on any atom is 0.228 e. The lowest BCUT2D eigenvalue weighted by atomic mass is 10.1. The molecule has 126 valence electrons. The third-order valence-corrected chi connectivity index (χ3v) is 4.92. The van der Waals surface area contributed by atoms with Crippen LogP contribution in [0.2, 0.25) is 0 Å². The summed E-state index contributed by atoms with van der Waals surface area (Å²) in [6, 6.07) is 9.16.